The first kappa shape index (κ1) is 20.9. The van der Waals surface area contributed by atoms with Gasteiger partial charge in [-0.1, -0.05) is 88.7 Å². The highest BCUT2D eigenvalue weighted by Gasteiger charge is 2.44. The van der Waals surface area contributed by atoms with Gasteiger partial charge >= 0.3 is 0 Å². The van der Waals surface area contributed by atoms with Crippen molar-refractivity contribution in [2.75, 3.05) is 0 Å². The summed E-state index contributed by atoms with van der Waals surface area (Å²) in [5, 5.41) is 0.782. The van der Waals surface area contributed by atoms with Crippen LogP contribution in [0.3, 0.4) is 0 Å². The minimum Gasteiger partial charge on any atom is -0.0984 e. The first-order chi connectivity index (χ1) is 13.0. The van der Waals surface area contributed by atoms with Crippen molar-refractivity contribution in [3.8, 4) is 11.1 Å². The SMILES string of the molecule is C=C1C(c2cc(-c3ccc(Cl)cc3C)ccc2CC)C(=C)C(C)(C)CC1(C)C. The number of hydrogen-bond acceptors (Lipinski definition) is 0. The molecule has 1 saturated carbocycles. The summed E-state index contributed by atoms with van der Waals surface area (Å²) in [4.78, 5) is 0. The molecule has 0 nitrogen and oxygen atoms in total. The van der Waals surface area contributed by atoms with Crippen LogP contribution in [0.4, 0.5) is 0 Å². The summed E-state index contributed by atoms with van der Waals surface area (Å²) in [6, 6.07) is 13.0. The standard InChI is InChI=1S/C27H33Cl/c1-9-20-10-11-21(23-13-12-22(28)14-17(23)2)15-24(20)25-18(3)26(5,6)16-27(7,8)19(25)4/h10-15,25H,3-4,9,16H2,1-2,5-8H3. The molecule has 148 valence electrons. The maximum Gasteiger partial charge on any atom is 0.0409 e. The van der Waals surface area contributed by atoms with Crippen LogP contribution in [0, 0.1) is 17.8 Å². The van der Waals surface area contributed by atoms with E-state index in [1.165, 1.54) is 39.0 Å². The molecule has 0 amide bonds. The third-order valence-corrected chi connectivity index (χ3v) is 6.89. The molecular formula is C27H33Cl. The Morgan fingerprint density at radius 1 is 0.964 bits per heavy atom. The van der Waals surface area contributed by atoms with Gasteiger partial charge in [-0.15, -0.1) is 0 Å². The lowest BCUT2D eigenvalue weighted by atomic mass is 9.55. The van der Waals surface area contributed by atoms with Gasteiger partial charge in [0.2, 0.25) is 0 Å². The second kappa shape index (κ2) is 7.23. The molecule has 0 radical (unpaired) electrons. The Morgan fingerprint density at radius 3 is 2.11 bits per heavy atom. The van der Waals surface area contributed by atoms with E-state index in [1.54, 1.807) is 0 Å². The molecule has 0 N–H and O–H groups in total. The van der Waals surface area contributed by atoms with E-state index < -0.39 is 0 Å². The molecule has 3 rings (SSSR count). The van der Waals surface area contributed by atoms with Gasteiger partial charge < -0.3 is 0 Å². The summed E-state index contributed by atoms with van der Waals surface area (Å²) in [5.41, 5.74) is 9.18. The molecule has 0 aromatic heterocycles. The van der Waals surface area contributed by atoms with Crippen LogP contribution in [0.2, 0.25) is 5.02 Å². The summed E-state index contributed by atoms with van der Waals surface area (Å²) in [6.45, 7) is 22.8. The Bertz CT molecular complexity index is 917. The number of hydrogen-bond donors (Lipinski definition) is 0. The topological polar surface area (TPSA) is 0 Å². The van der Waals surface area contributed by atoms with Crippen molar-refractivity contribution < 1.29 is 0 Å². The van der Waals surface area contributed by atoms with Crippen LogP contribution in [0.25, 0.3) is 11.1 Å². The molecule has 0 atom stereocenters. The Morgan fingerprint density at radius 2 is 1.57 bits per heavy atom. The maximum absolute atomic E-state index is 6.18. The predicted molar refractivity (Wildman–Crippen MR) is 124 cm³/mol. The maximum atomic E-state index is 6.18. The summed E-state index contributed by atoms with van der Waals surface area (Å²) in [7, 11) is 0. The molecule has 0 bridgehead atoms. The smallest absolute Gasteiger partial charge is 0.0409 e. The molecule has 2 aromatic carbocycles. The summed E-state index contributed by atoms with van der Waals surface area (Å²) in [5.74, 6) is 0.196. The van der Waals surface area contributed by atoms with E-state index in [0.717, 1.165) is 17.9 Å². The van der Waals surface area contributed by atoms with Crippen LogP contribution in [0.5, 0.6) is 0 Å². The van der Waals surface area contributed by atoms with E-state index in [1.807, 2.05) is 12.1 Å². The van der Waals surface area contributed by atoms with E-state index in [4.69, 9.17) is 11.6 Å². The second-order valence-electron chi connectivity index (χ2n) is 9.65. The van der Waals surface area contributed by atoms with Crippen molar-refractivity contribution in [3.63, 3.8) is 0 Å². The minimum atomic E-state index is 0.0898. The van der Waals surface area contributed by atoms with Crippen molar-refractivity contribution in [1.29, 1.82) is 0 Å². The number of aryl methyl sites for hydroxylation is 2. The zero-order valence-electron chi connectivity index (χ0n) is 18.2. The van der Waals surface area contributed by atoms with Crippen LogP contribution in [0.1, 0.15) is 63.6 Å². The summed E-state index contributed by atoms with van der Waals surface area (Å²) < 4.78 is 0. The quantitative estimate of drug-likeness (QED) is 0.459. The van der Waals surface area contributed by atoms with E-state index in [2.05, 4.69) is 79.0 Å². The Hall–Kier alpha value is -1.79. The number of halogens is 1. The van der Waals surface area contributed by atoms with Crippen molar-refractivity contribution in [3.05, 3.63) is 82.4 Å². The molecule has 1 fully saturated rings. The zero-order chi connectivity index (χ0) is 20.9. The lowest BCUT2D eigenvalue weighted by Crippen LogP contribution is -2.37. The molecule has 0 aliphatic heterocycles. The predicted octanol–water partition coefficient (Wildman–Crippen LogP) is 8.53. The molecule has 0 unspecified atom stereocenters. The molecule has 0 heterocycles. The molecule has 1 heteroatoms. The van der Waals surface area contributed by atoms with Crippen LogP contribution < -0.4 is 0 Å². The fourth-order valence-corrected chi connectivity index (χ4v) is 5.23. The summed E-state index contributed by atoms with van der Waals surface area (Å²) >= 11 is 6.18. The van der Waals surface area contributed by atoms with Gasteiger partial charge in [-0.2, -0.15) is 0 Å². The van der Waals surface area contributed by atoms with Crippen molar-refractivity contribution in [2.24, 2.45) is 10.8 Å². The monoisotopic (exact) mass is 392 g/mol. The summed E-state index contributed by atoms with van der Waals surface area (Å²) in [6.07, 6.45) is 2.10. The van der Waals surface area contributed by atoms with Gasteiger partial charge in [0.1, 0.15) is 0 Å². The van der Waals surface area contributed by atoms with Gasteiger partial charge in [0.25, 0.3) is 0 Å². The highest BCUT2D eigenvalue weighted by atomic mass is 35.5. The molecule has 1 aliphatic carbocycles. The van der Waals surface area contributed by atoms with Crippen molar-refractivity contribution in [1.82, 2.24) is 0 Å². The third kappa shape index (κ3) is 3.60. The van der Waals surface area contributed by atoms with Crippen molar-refractivity contribution >= 4 is 11.6 Å². The third-order valence-electron chi connectivity index (χ3n) is 6.66. The Balaban J connectivity index is 2.19. The fraction of sp³-hybridized carbons (Fsp3) is 0.407. The van der Waals surface area contributed by atoms with Crippen LogP contribution in [0.15, 0.2) is 60.7 Å². The van der Waals surface area contributed by atoms with Gasteiger partial charge in [0.05, 0.1) is 0 Å². The first-order valence-corrected chi connectivity index (χ1v) is 10.6. The van der Waals surface area contributed by atoms with Crippen LogP contribution >= 0.6 is 11.6 Å². The second-order valence-corrected chi connectivity index (χ2v) is 10.1. The largest absolute Gasteiger partial charge is 0.0984 e. The van der Waals surface area contributed by atoms with Gasteiger partial charge in [0, 0.05) is 10.9 Å². The molecule has 1 aliphatic rings. The average Bonchev–Trinajstić information content (AvgIpc) is 2.60. The van der Waals surface area contributed by atoms with Crippen molar-refractivity contribution in [2.45, 2.75) is 60.3 Å². The normalized spacial score (nSPS) is 19.1. The van der Waals surface area contributed by atoms with E-state index in [9.17, 15) is 0 Å². The first-order valence-electron chi connectivity index (χ1n) is 10.3. The van der Waals surface area contributed by atoms with Crippen LogP contribution in [-0.4, -0.2) is 0 Å². The zero-order valence-corrected chi connectivity index (χ0v) is 19.0. The molecule has 2 aromatic rings. The lowest BCUT2D eigenvalue weighted by molar-refractivity contribution is 0.219. The van der Waals surface area contributed by atoms with E-state index in [-0.39, 0.29) is 16.7 Å². The molecule has 28 heavy (non-hydrogen) atoms. The number of rotatable bonds is 3. The van der Waals surface area contributed by atoms with Gasteiger partial charge in [0.15, 0.2) is 0 Å². The molecule has 0 saturated heterocycles. The Labute approximate surface area is 176 Å². The van der Waals surface area contributed by atoms with Gasteiger partial charge in [-0.3, -0.25) is 0 Å². The molecular weight excluding hydrogens is 360 g/mol. The van der Waals surface area contributed by atoms with E-state index >= 15 is 0 Å². The number of allylic oxidation sites excluding steroid dienone is 2. The molecule has 0 spiro atoms. The highest BCUT2D eigenvalue weighted by molar-refractivity contribution is 6.30. The average molecular weight is 393 g/mol. The van der Waals surface area contributed by atoms with Gasteiger partial charge in [-0.25, -0.2) is 0 Å². The van der Waals surface area contributed by atoms with Crippen LogP contribution in [-0.2, 0) is 6.42 Å². The van der Waals surface area contributed by atoms with Gasteiger partial charge in [-0.05, 0) is 76.6 Å². The fourth-order valence-electron chi connectivity index (χ4n) is 5.00. The lowest BCUT2D eigenvalue weighted by Gasteiger charge is -2.49. The number of benzene rings is 2. The Kier molecular flexibility index (Phi) is 5.40. The van der Waals surface area contributed by atoms with E-state index in [0.29, 0.717) is 0 Å². The minimum absolute atomic E-state index is 0.0898. The highest BCUT2D eigenvalue weighted by Crippen LogP contribution is 2.57.